The fraction of sp³-hybridized carbons (Fsp3) is 0.812. The molecule has 0 aromatic carbocycles. The SMILES string of the molecule is CCC(CC)(CBr)Cc1ccn(C2CCCCC2)n1. The second-order valence-electron chi connectivity index (χ2n) is 6.10. The summed E-state index contributed by atoms with van der Waals surface area (Å²) in [4.78, 5) is 0. The molecule has 0 N–H and O–H groups in total. The summed E-state index contributed by atoms with van der Waals surface area (Å²) < 4.78 is 2.23. The number of halogens is 1. The van der Waals surface area contributed by atoms with Crippen LogP contribution in [0.3, 0.4) is 0 Å². The number of aromatic nitrogens is 2. The molecule has 0 amide bonds. The second-order valence-corrected chi connectivity index (χ2v) is 6.66. The summed E-state index contributed by atoms with van der Waals surface area (Å²) in [7, 11) is 0. The number of rotatable bonds is 6. The van der Waals surface area contributed by atoms with E-state index in [1.165, 1.54) is 50.6 Å². The third-order valence-corrected chi connectivity index (χ3v) is 6.14. The summed E-state index contributed by atoms with van der Waals surface area (Å²) >= 11 is 3.70. The summed E-state index contributed by atoms with van der Waals surface area (Å²) in [6.45, 7) is 4.59. The molecule has 2 nitrogen and oxygen atoms in total. The van der Waals surface area contributed by atoms with Crippen molar-refractivity contribution in [1.82, 2.24) is 9.78 Å². The van der Waals surface area contributed by atoms with Gasteiger partial charge in [0.25, 0.3) is 0 Å². The van der Waals surface area contributed by atoms with Crippen LogP contribution in [-0.4, -0.2) is 15.1 Å². The normalized spacial score (nSPS) is 17.8. The molecule has 0 bridgehead atoms. The Morgan fingerprint density at radius 3 is 2.53 bits per heavy atom. The monoisotopic (exact) mass is 326 g/mol. The largest absolute Gasteiger partial charge is 0.269 e. The topological polar surface area (TPSA) is 17.8 Å². The minimum atomic E-state index is 0.381. The Morgan fingerprint density at radius 2 is 1.95 bits per heavy atom. The van der Waals surface area contributed by atoms with E-state index in [4.69, 9.17) is 5.10 Å². The Kier molecular flexibility index (Phi) is 5.49. The van der Waals surface area contributed by atoms with Crippen LogP contribution in [0.1, 0.15) is 70.5 Å². The smallest absolute Gasteiger partial charge is 0.0630 e. The predicted molar refractivity (Wildman–Crippen MR) is 84.9 cm³/mol. The summed E-state index contributed by atoms with van der Waals surface area (Å²) in [5.41, 5.74) is 1.65. The summed E-state index contributed by atoms with van der Waals surface area (Å²) in [6, 6.07) is 2.89. The van der Waals surface area contributed by atoms with Gasteiger partial charge in [-0.15, -0.1) is 0 Å². The van der Waals surface area contributed by atoms with Gasteiger partial charge >= 0.3 is 0 Å². The van der Waals surface area contributed by atoms with E-state index in [1.807, 2.05) is 0 Å². The lowest BCUT2D eigenvalue weighted by Crippen LogP contribution is -2.24. The van der Waals surface area contributed by atoms with Crippen molar-refractivity contribution in [3.63, 3.8) is 0 Å². The zero-order valence-electron chi connectivity index (χ0n) is 12.4. The van der Waals surface area contributed by atoms with E-state index < -0.39 is 0 Å². The van der Waals surface area contributed by atoms with Gasteiger partial charge in [0.2, 0.25) is 0 Å². The average molecular weight is 327 g/mol. The van der Waals surface area contributed by atoms with Gasteiger partial charge in [-0.2, -0.15) is 5.10 Å². The lowest BCUT2D eigenvalue weighted by molar-refractivity contribution is 0.296. The van der Waals surface area contributed by atoms with Crippen molar-refractivity contribution in [2.24, 2.45) is 5.41 Å². The van der Waals surface area contributed by atoms with Crippen molar-refractivity contribution in [2.45, 2.75) is 71.3 Å². The van der Waals surface area contributed by atoms with Crippen LogP contribution in [0.15, 0.2) is 12.3 Å². The second kappa shape index (κ2) is 6.92. The van der Waals surface area contributed by atoms with E-state index in [0.717, 1.165) is 11.8 Å². The van der Waals surface area contributed by atoms with Gasteiger partial charge in [0.05, 0.1) is 11.7 Å². The Hall–Kier alpha value is -0.310. The lowest BCUT2D eigenvalue weighted by atomic mass is 9.80. The maximum atomic E-state index is 4.86. The molecule has 0 spiro atoms. The molecule has 1 heterocycles. The molecule has 1 aromatic heterocycles. The van der Waals surface area contributed by atoms with Gasteiger partial charge in [-0.05, 0) is 43.6 Å². The van der Waals surface area contributed by atoms with Gasteiger partial charge in [0.15, 0.2) is 0 Å². The molecule has 1 fully saturated rings. The van der Waals surface area contributed by atoms with Gasteiger partial charge in [0, 0.05) is 11.5 Å². The van der Waals surface area contributed by atoms with Gasteiger partial charge in [-0.25, -0.2) is 0 Å². The fourth-order valence-electron chi connectivity index (χ4n) is 3.14. The number of hydrogen-bond acceptors (Lipinski definition) is 1. The van der Waals surface area contributed by atoms with E-state index in [1.54, 1.807) is 0 Å². The lowest BCUT2D eigenvalue weighted by Gasteiger charge is -2.28. The van der Waals surface area contributed by atoms with Crippen molar-refractivity contribution in [1.29, 1.82) is 0 Å². The molecule has 0 radical (unpaired) electrons. The van der Waals surface area contributed by atoms with E-state index in [-0.39, 0.29) is 0 Å². The molecule has 19 heavy (non-hydrogen) atoms. The maximum absolute atomic E-state index is 4.86. The highest BCUT2D eigenvalue weighted by molar-refractivity contribution is 9.09. The number of alkyl halides is 1. The van der Waals surface area contributed by atoms with E-state index in [9.17, 15) is 0 Å². The molecule has 0 atom stereocenters. The van der Waals surface area contributed by atoms with Crippen molar-refractivity contribution in [2.75, 3.05) is 5.33 Å². The third kappa shape index (κ3) is 3.62. The van der Waals surface area contributed by atoms with Crippen LogP contribution in [0.2, 0.25) is 0 Å². The summed E-state index contributed by atoms with van der Waals surface area (Å²) in [5, 5.41) is 5.93. The maximum Gasteiger partial charge on any atom is 0.0630 e. The minimum Gasteiger partial charge on any atom is -0.269 e. The first-order valence-electron chi connectivity index (χ1n) is 7.83. The zero-order valence-corrected chi connectivity index (χ0v) is 14.0. The molecule has 1 aromatic rings. The standard InChI is InChI=1S/C16H27BrN2/c1-3-16(4-2,13-17)12-14-10-11-19(18-14)15-8-6-5-7-9-15/h10-11,15H,3-9,12-13H2,1-2H3. The molecule has 0 saturated heterocycles. The first-order valence-corrected chi connectivity index (χ1v) is 8.95. The first-order chi connectivity index (χ1) is 9.23. The highest BCUT2D eigenvalue weighted by Gasteiger charge is 2.26. The Bertz CT molecular complexity index is 368. The first kappa shape index (κ1) is 15.1. The quantitative estimate of drug-likeness (QED) is 0.662. The van der Waals surface area contributed by atoms with Gasteiger partial charge in [-0.3, -0.25) is 4.68 Å². The van der Waals surface area contributed by atoms with Gasteiger partial charge in [0.1, 0.15) is 0 Å². The minimum absolute atomic E-state index is 0.381. The number of nitrogens with zero attached hydrogens (tertiary/aromatic N) is 2. The molecule has 1 saturated carbocycles. The van der Waals surface area contributed by atoms with E-state index in [2.05, 4.69) is 46.7 Å². The molecule has 108 valence electrons. The Morgan fingerprint density at radius 1 is 1.26 bits per heavy atom. The van der Waals surface area contributed by atoms with E-state index >= 15 is 0 Å². The molecule has 2 rings (SSSR count). The molecule has 0 aliphatic heterocycles. The van der Waals surface area contributed by atoms with Crippen LogP contribution in [0.4, 0.5) is 0 Å². The van der Waals surface area contributed by atoms with E-state index in [0.29, 0.717) is 11.5 Å². The highest BCUT2D eigenvalue weighted by atomic mass is 79.9. The molecular formula is C16H27BrN2. The van der Waals surface area contributed by atoms with Crippen LogP contribution >= 0.6 is 15.9 Å². The number of hydrogen-bond donors (Lipinski definition) is 0. The zero-order chi connectivity index (χ0) is 13.7. The average Bonchev–Trinajstić information content (AvgIpc) is 2.94. The van der Waals surface area contributed by atoms with Crippen LogP contribution < -0.4 is 0 Å². The Balaban J connectivity index is 2.03. The van der Waals surface area contributed by atoms with Crippen molar-refractivity contribution in [3.8, 4) is 0 Å². The molecule has 1 aliphatic carbocycles. The van der Waals surface area contributed by atoms with Crippen LogP contribution in [0.25, 0.3) is 0 Å². The molecule has 0 unspecified atom stereocenters. The predicted octanol–water partition coefficient (Wildman–Crippen LogP) is 5.13. The van der Waals surface area contributed by atoms with Crippen LogP contribution in [-0.2, 0) is 6.42 Å². The van der Waals surface area contributed by atoms with Crippen molar-refractivity contribution >= 4 is 15.9 Å². The van der Waals surface area contributed by atoms with Crippen LogP contribution in [0.5, 0.6) is 0 Å². The summed E-state index contributed by atoms with van der Waals surface area (Å²) in [6.07, 6.45) is 12.5. The van der Waals surface area contributed by atoms with Gasteiger partial charge < -0.3 is 0 Å². The molecule has 1 aliphatic rings. The molecular weight excluding hydrogens is 300 g/mol. The molecule has 3 heteroatoms. The highest BCUT2D eigenvalue weighted by Crippen LogP contribution is 2.33. The third-order valence-electron chi connectivity index (χ3n) is 4.95. The summed E-state index contributed by atoms with van der Waals surface area (Å²) in [5.74, 6) is 0. The van der Waals surface area contributed by atoms with Crippen molar-refractivity contribution in [3.05, 3.63) is 18.0 Å². The Labute approximate surface area is 126 Å². The van der Waals surface area contributed by atoms with Crippen LogP contribution in [0, 0.1) is 5.41 Å². The van der Waals surface area contributed by atoms with Gasteiger partial charge in [-0.1, -0.05) is 49.0 Å². The fourth-order valence-corrected chi connectivity index (χ4v) is 4.13. The van der Waals surface area contributed by atoms with Crippen molar-refractivity contribution < 1.29 is 0 Å².